The van der Waals surface area contributed by atoms with E-state index in [2.05, 4.69) is 4.98 Å². The maximum absolute atomic E-state index is 12.1. The van der Waals surface area contributed by atoms with E-state index in [1.54, 1.807) is 23.1 Å². The molecule has 2 unspecified atom stereocenters. The molecule has 3 nitrogen and oxygen atoms in total. The molecule has 1 aromatic carbocycles. The predicted octanol–water partition coefficient (Wildman–Crippen LogP) is 3.58. The normalized spacial score (nSPS) is 24.1. The van der Waals surface area contributed by atoms with Crippen LogP contribution in [-0.2, 0) is 4.79 Å². The third-order valence-corrected chi connectivity index (χ3v) is 6.08. The molecule has 6 heteroatoms. The zero-order valence-corrected chi connectivity index (χ0v) is 12.2. The lowest BCUT2D eigenvalue weighted by atomic mass is 9.83. The Kier molecular flexibility index (Phi) is 2.58. The largest absolute Gasteiger partial charge is 0.426 e. The number of benzene rings is 1. The van der Waals surface area contributed by atoms with Crippen LogP contribution in [0, 0.1) is 9.87 Å². The first-order chi connectivity index (χ1) is 9.24. The molecule has 3 heterocycles. The van der Waals surface area contributed by atoms with Crippen LogP contribution in [0.25, 0.3) is 0 Å². The quantitative estimate of drug-likeness (QED) is 0.459. The van der Waals surface area contributed by atoms with Crippen molar-refractivity contribution in [1.29, 1.82) is 0 Å². The van der Waals surface area contributed by atoms with Gasteiger partial charge in [-0.2, -0.15) is 0 Å². The van der Waals surface area contributed by atoms with Crippen LogP contribution in [0.15, 0.2) is 29.3 Å². The summed E-state index contributed by atoms with van der Waals surface area (Å²) < 4.78 is 6.21. The molecular formula is C13H9NO2S3. The van der Waals surface area contributed by atoms with E-state index in [0.29, 0.717) is 5.75 Å². The number of esters is 1. The van der Waals surface area contributed by atoms with Gasteiger partial charge in [-0.1, -0.05) is 18.2 Å². The van der Waals surface area contributed by atoms with Crippen molar-refractivity contribution in [1.82, 2.24) is 4.98 Å². The first-order valence-corrected chi connectivity index (χ1v) is 8.11. The van der Waals surface area contributed by atoms with Gasteiger partial charge in [0.1, 0.15) is 5.75 Å². The Balaban J connectivity index is 1.97. The second-order valence-electron chi connectivity index (χ2n) is 4.56. The van der Waals surface area contributed by atoms with Crippen molar-refractivity contribution in [2.45, 2.75) is 10.9 Å². The van der Waals surface area contributed by atoms with E-state index in [4.69, 9.17) is 17.0 Å². The van der Waals surface area contributed by atoms with Crippen molar-refractivity contribution < 1.29 is 9.53 Å². The molecule has 2 atom stereocenters. The van der Waals surface area contributed by atoms with Crippen LogP contribution in [-0.4, -0.2) is 16.7 Å². The van der Waals surface area contributed by atoms with Crippen LogP contribution in [0.2, 0.25) is 0 Å². The highest BCUT2D eigenvalue weighted by molar-refractivity contribution is 7.99. The van der Waals surface area contributed by atoms with E-state index < -0.39 is 0 Å². The van der Waals surface area contributed by atoms with Crippen LogP contribution in [0.4, 0.5) is 0 Å². The number of aromatic nitrogens is 1. The first-order valence-electron chi connectivity index (χ1n) is 5.90. The smallest absolute Gasteiger partial charge is 0.316 e. The van der Waals surface area contributed by atoms with Gasteiger partial charge in [0.05, 0.1) is 10.9 Å². The van der Waals surface area contributed by atoms with Gasteiger partial charge in [0.25, 0.3) is 0 Å². The van der Waals surface area contributed by atoms with Gasteiger partial charge >= 0.3 is 5.97 Å². The molecule has 1 N–H and O–H groups in total. The third kappa shape index (κ3) is 1.70. The highest BCUT2D eigenvalue weighted by Gasteiger charge is 2.43. The summed E-state index contributed by atoms with van der Waals surface area (Å²) in [4.78, 5) is 16.5. The number of H-pyrrole nitrogens is 1. The fraction of sp³-hybridized carbons (Fsp3) is 0.231. The molecule has 0 aliphatic carbocycles. The van der Waals surface area contributed by atoms with Crippen molar-refractivity contribution in [3.63, 3.8) is 0 Å². The number of ether oxygens (including phenoxy) is 1. The monoisotopic (exact) mass is 307 g/mol. The summed E-state index contributed by atoms with van der Waals surface area (Å²) in [6, 6.07) is 7.78. The van der Waals surface area contributed by atoms with Gasteiger partial charge in [-0.3, -0.25) is 4.79 Å². The number of rotatable bonds is 0. The van der Waals surface area contributed by atoms with Crippen molar-refractivity contribution in [3.05, 3.63) is 38.7 Å². The van der Waals surface area contributed by atoms with E-state index in [9.17, 15) is 4.79 Å². The molecule has 2 aliphatic heterocycles. The first kappa shape index (κ1) is 11.7. The Morgan fingerprint density at radius 2 is 2.21 bits per heavy atom. The third-order valence-electron chi connectivity index (χ3n) is 3.50. The zero-order valence-electron chi connectivity index (χ0n) is 9.71. The van der Waals surface area contributed by atoms with E-state index in [-0.39, 0.29) is 17.8 Å². The molecule has 2 aromatic rings. The minimum Gasteiger partial charge on any atom is -0.426 e. The molecule has 0 spiro atoms. The summed E-state index contributed by atoms with van der Waals surface area (Å²) in [5.41, 5.74) is 1.10. The molecular weight excluding hydrogens is 298 g/mol. The van der Waals surface area contributed by atoms with Crippen molar-refractivity contribution >= 4 is 41.3 Å². The summed E-state index contributed by atoms with van der Waals surface area (Å²) in [6.45, 7) is 0. The summed E-state index contributed by atoms with van der Waals surface area (Å²) in [7, 11) is 0. The Morgan fingerprint density at radius 1 is 1.37 bits per heavy atom. The van der Waals surface area contributed by atoms with E-state index >= 15 is 0 Å². The number of nitrogens with one attached hydrogen (secondary N) is 1. The highest BCUT2D eigenvalue weighted by atomic mass is 32.2. The minimum absolute atomic E-state index is 0.0895. The van der Waals surface area contributed by atoms with Gasteiger partial charge in [-0.25, -0.2) is 0 Å². The topological polar surface area (TPSA) is 42.1 Å². The average Bonchev–Trinajstić information content (AvgIpc) is 2.79. The Morgan fingerprint density at radius 3 is 3.11 bits per heavy atom. The summed E-state index contributed by atoms with van der Waals surface area (Å²) in [5.74, 6) is 1.29. The molecule has 0 fully saturated rings. The second kappa shape index (κ2) is 4.19. The Bertz CT molecular complexity index is 733. The summed E-state index contributed by atoms with van der Waals surface area (Å²) in [6.07, 6.45) is 0. The molecule has 2 aliphatic rings. The fourth-order valence-corrected chi connectivity index (χ4v) is 5.50. The van der Waals surface area contributed by atoms with Crippen LogP contribution < -0.4 is 4.74 Å². The van der Waals surface area contributed by atoms with Gasteiger partial charge in [-0.05, 0) is 18.3 Å². The maximum atomic E-state index is 12.1. The van der Waals surface area contributed by atoms with Crippen LogP contribution in [0.5, 0.6) is 5.75 Å². The van der Waals surface area contributed by atoms with Crippen molar-refractivity contribution in [2.75, 3.05) is 5.75 Å². The van der Waals surface area contributed by atoms with E-state index in [1.807, 2.05) is 24.3 Å². The molecule has 0 amide bonds. The van der Waals surface area contributed by atoms with Gasteiger partial charge in [0, 0.05) is 22.1 Å². The van der Waals surface area contributed by atoms with E-state index in [1.165, 1.54) is 4.88 Å². The van der Waals surface area contributed by atoms with Crippen LogP contribution in [0.1, 0.15) is 16.4 Å². The number of aromatic amines is 1. The highest BCUT2D eigenvalue weighted by Crippen LogP contribution is 2.51. The standard InChI is InChI=1S/C13H9NO2S3/c15-12-7-5-18-11-10(19-13(17)14-11)9(7)6-3-1-2-4-8(6)16-12/h1-4,7,9H,5H2,(H,14,17). The van der Waals surface area contributed by atoms with Gasteiger partial charge in [-0.15, -0.1) is 23.1 Å². The number of hydrogen-bond donors (Lipinski definition) is 1. The SMILES string of the molecule is O=C1Oc2ccccc2C2c3sc(=S)[nH]c3SCC12. The number of para-hydroxylation sites is 1. The number of thioether (sulfide) groups is 1. The van der Waals surface area contributed by atoms with Gasteiger partial charge in [0.15, 0.2) is 3.95 Å². The van der Waals surface area contributed by atoms with Crippen molar-refractivity contribution in [2.24, 2.45) is 5.92 Å². The van der Waals surface area contributed by atoms with Crippen LogP contribution >= 0.6 is 35.3 Å². The van der Waals surface area contributed by atoms with E-state index in [0.717, 1.165) is 20.3 Å². The maximum Gasteiger partial charge on any atom is 0.316 e. The van der Waals surface area contributed by atoms with Crippen LogP contribution in [0.3, 0.4) is 0 Å². The molecule has 0 saturated carbocycles. The lowest BCUT2D eigenvalue weighted by Gasteiger charge is -2.34. The van der Waals surface area contributed by atoms with Gasteiger partial charge in [0.2, 0.25) is 0 Å². The minimum atomic E-state index is -0.124. The Hall–Kier alpha value is -1.11. The average molecular weight is 307 g/mol. The second-order valence-corrected chi connectivity index (χ2v) is 7.31. The molecule has 1 aromatic heterocycles. The zero-order chi connectivity index (χ0) is 13.0. The molecule has 96 valence electrons. The fourth-order valence-electron chi connectivity index (χ4n) is 2.67. The summed E-state index contributed by atoms with van der Waals surface area (Å²) in [5, 5.41) is 1.11. The van der Waals surface area contributed by atoms with Gasteiger partial charge < -0.3 is 9.72 Å². The number of carbonyl (C=O) groups excluding carboxylic acids is 1. The molecule has 0 radical (unpaired) electrons. The summed E-state index contributed by atoms with van der Waals surface area (Å²) >= 11 is 8.47. The number of hydrogen-bond acceptors (Lipinski definition) is 5. The lowest BCUT2D eigenvalue weighted by molar-refractivity contribution is -0.139. The Labute approximate surface area is 123 Å². The predicted molar refractivity (Wildman–Crippen MR) is 77.6 cm³/mol. The number of carbonyl (C=O) groups is 1. The lowest BCUT2D eigenvalue weighted by Crippen LogP contribution is -2.35. The van der Waals surface area contributed by atoms with Crippen molar-refractivity contribution in [3.8, 4) is 5.75 Å². The molecule has 0 bridgehead atoms. The number of fused-ring (bicyclic) bond motifs is 5. The number of thiazole rings is 1. The molecule has 19 heavy (non-hydrogen) atoms. The molecule has 4 rings (SSSR count). The molecule has 0 saturated heterocycles.